The molecule has 2 N–H and O–H groups in total. The van der Waals surface area contributed by atoms with Crippen LogP contribution in [0.5, 0.6) is 5.75 Å². The van der Waals surface area contributed by atoms with Gasteiger partial charge in [0.1, 0.15) is 5.75 Å². The summed E-state index contributed by atoms with van der Waals surface area (Å²) in [7, 11) is -0.0669. The minimum absolute atomic E-state index is 0.336. The van der Waals surface area contributed by atoms with Crippen molar-refractivity contribution in [1.29, 1.82) is 0 Å². The molecule has 1 aromatic rings. The molecule has 5 nitrogen and oxygen atoms in total. The van der Waals surface area contributed by atoms with Crippen LogP contribution in [0.15, 0.2) is 18.2 Å². The van der Waals surface area contributed by atoms with E-state index in [-0.39, 0.29) is 0 Å². The molecule has 0 radical (unpaired) electrons. The van der Waals surface area contributed by atoms with Crippen LogP contribution in [-0.2, 0) is 16.1 Å². The first-order chi connectivity index (χ1) is 8.69. The molecule has 0 saturated carbocycles. The Hall–Kier alpha value is -1.08. The highest BCUT2D eigenvalue weighted by Crippen LogP contribution is 2.10. The molecule has 0 atom stereocenters. The van der Waals surface area contributed by atoms with E-state index in [9.17, 15) is 10.0 Å². The lowest BCUT2D eigenvalue weighted by atomic mass is 9.79. The van der Waals surface area contributed by atoms with E-state index in [0.29, 0.717) is 37.6 Å². The minimum Gasteiger partial charge on any atom is -0.497 e. The van der Waals surface area contributed by atoms with Crippen molar-refractivity contribution in [3.05, 3.63) is 23.8 Å². The van der Waals surface area contributed by atoms with Crippen LogP contribution < -0.4 is 10.2 Å². The van der Waals surface area contributed by atoms with Crippen LogP contribution in [0.3, 0.4) is 0 Å². The third kappa shape index (κ3) is 4.66. The van der Waals surface area contributed by atoms with Crippen LogP contribution in [0.4, 0.5) is 0 Å². The van der Waals surface area contributed by atoms with Crippen molar-refractivity contribution >= 4 is 12.6 Å². The van der Waals surface area contributed by atoms with Gasteiger partial charge in [-0.1, -0.05) is 12.1 Å². The SMILES string of the molecule is CCOCCOCc1ccc(OC)c(B(O)O)c1. The van der Waals surface area contributed by atoms with Crippen molar-refractivity contribution in [3.63, 3.8) is 0 Å². The third-order valence-electron chi connectivity index (χ3n) is 2.42. The van der Waals surface area contributed by atoms with Crippen molar-refractivity contribution < 1.29 is 24.3 Å². The maximum absolute atomic E-state index is 9.22. The van der Waals surface area contributed by atoms with Crippen LogP contribution in [0, 0.1) is 0 Å². The van der Waals surface area contributed by atoms with E-state index in [0.717, 1.165) is 5.56 Å². The monoisotopic (exact) mass is 254 g/mol. The molecule has 100 valence electrons. The fraction of sp³-hybridized carbons (Fsp3) is 0.500. The van der Waals surface area contributed by atoms with Gasteiger partial charge in [-0.3, -0.25) is 0 Å². The Morgan fingerprint density at radius 3 is 2.50 bits per heavy atom. The van der Waals surface area contributed by atoms with Gasteiger partial charge in [0, 0.05) is 12.1 Å². The number of methoxy groups -OCH3 is 1. The first kappa shape index (κ1) is 15.0. The number of rotatable bonds is 8. The summed E-state index contributed by atoms with van der Waals surface area (Å²) in [5, 5.41) is 18.4. The van der Waals surface area contributed by atoms with E-state index < -0.39 is 7.12 Å². The van der Waals surface area contributed by atoms with E-state index in [1.165, 1.54) is 7.11 Å². The maximum Gasteiger partial charge on any atom is 0.492 e. The summed E-state index contributed by atoms with van der Waals surface area (Å²) >= 11 is 0. The molecule has 0 aliphatic heterocycles. The van der Waals surface area contributed by atoms with Gasteiger partial charge in [0.25, 0.3) is 0 Å². The van der Waals surface area contributed by atoms with Crippen molar-refractivity contribution in [2.75, 3.05) is 26.9 Å². The van der Waals surface area contributed by atoms with Crippen LogP contribution in [0.1, 0.15) is 12.5 Å². The maximum atomic E-state index is 9.22. The highest BCUT2D eigenvalue weighted by Gasteiger charge is 2.17. The lowest BCUT2D eigenvalue weighted by Crippen LogP contribution is -2.31. The highest BCUT2D eigenvalue weighted by atomic mass is 16.5. The van der Waals surface area contributed by atoms with Crippen molar-refractivity contribution in [3.8, 4) is 5.75 Å². The molecule has 0 fully saturated rings. The molecule has 0 aliphatic carbocycles. The van der Waals surface area contributed by atoms with Gasteiger partial charge < -0.3 is 24.3 Å². The van der Waals surface area contributed by atoms with E-state index >= 15 is 0 Å². The number of hydrogen-bond acceptors (Lipinski definition) is 5. The standard InChI is InChI=1S/C12H19BO5/c1-3-17-6-7-18-9-10-4-5-12(16-2)11(8-10)13(14)15/h4-5,8,14-15H,3,6-7,9H2,1-2H3. The molecule has 0 spiro atoms. The Morgan fingerprint density at radius 2 is 1.89 bits per heavy atom. The highest BCUT2D eigenvalue weighted by molar-refractivity contribution is 6.59. The van der Waals surface area contributed by atoms with Crippen LogP contribution in [-0.4, -0.2) is 44.1 Å². The lowest BCUT2D eigenvalue weighted by Gasteiger charge is -2.10. The van der Waals surface area contributed by atoms with Crippen LogP contribution in [0.2, 0.25) is 0 Å². The van der Waals surface area contributed by atoms with Gasteiger partial charge >= 0.3 is 7.12 Å². The molecule has 0 aromatic heterocycles. The molecular weight excluding hydrogens is 235 g/mol. The van der Waals surface area contributed by atoms with E-state index in [1.54, 1.807) is 12.1 Å². The Kier molecular flexibility index (Phi) is 6.74. The summed E-state index contributed by atoms with van der Waals surface area (Å²) in [6.07, 6.45) is 0. The largest absolute Gasteiger partial charge is 0.497 e. The molecular formula is C12H19BO5. The van der Waals surface area contributed by atoms with E-state index in [4.69, 9.17) is 14.2 Å². The molecule has 0 aliphatic rings. The zero-order chi connectivity index (χ0) is 13.4. The average Bonchev–Trinajstić information content (AvgIpc) is 2.38. The first-order valence-electron chi connectivity index (χ1n) is 5.87. The second-order valence-corrected chi connectivity index (χ2v) is 3.70. The molecule has 0 amide bonds. The predicted molar refractivity (Wildman–Crippen MR) is 69.0 cm³/mol. The van der Waals surface area contributed by atoms with E-state index in [1.807, 2.05) is 13.0 Å². The summed E-state index contributed by atoms with van der Waals surface area (Å²) in [6.45, 7) is 4.07. The molecule has 1 rings (SSSR count). The van der Waals surface area contributed by atoms with Gasteiger partial charge in [-0.2, -0.15) is 0 Å². The summed E-state index contributed by atoms with van der Waals surface area (Å²) in [5.74, 6) is 0.447. The summed E-state index contributed by atoms with van der Waals surface area (Å²) in [4.78, 5) is 0. The second-order valence-electron chi connectivity index (χ2n) is 3.70. The van der Waals surface area contributed by atoms with Gasteiger partial charge in [-0.25, -0.2) is 0 Å². The summed E-state index contributed by atoms with van der Waals surface area (Å²) < 4.78 is 15.6. The van der Waals surface area contributed by atoms with Crippen molar-refractivity contribution in [2.45, 2.75) is 13.5 Å². The van der Waals surface area contributed by atoms with Gasteiger partial charge in [0.05, 0.1) is 26.9 Å². The number of ether oxygens (including phenoxy) is 3. The Morgan fingerprint density at radius 1 is 1.17 bits per heavy atom. The number of hydrogen-bond donors (Lipinski definition) is 2. The van der Waals surface area contributed by atoms with Crippen LogP contribution >= 0.6 is 0 Å². The number of benzene rings is 1. The van der Waals surface area contributed by atoms with Gasteiger partial charge in [0.2, 0.25) is 0 Å². The minimum atomic E-state index is -1.55. The molecule has 0 unspecified atom stereocenters. The van der Waals surface area contributed by atoms with Gasteiger partial charge in [0.15, 0.2) is 0 Å². The Labute approximate surface area is 107 Å². The second kappa shape index (κ2) is 8.10. The Balaban J connectivity index is 2.53. The summed E-state index contributed by atoms with van der Waals surface area (Å²) in [5.41, 5.74) is 1.19. The molecule has 18 heavy (non-hydrogen) atoms. The summed E-state index contributed by atoms with van der Waals surface area (Å²) in [6, 6.07) is 5.17. The lowest BCUT2D eigenvalue weighted by molar-refractivity contribution is 0.0453. The van der Waals surface area contributed by atoms with Crippen molar-refractivity contribution in [1.82, 2.24) is 0 Å². The first-order valence-corrected chi connectivity index (χ1v) is 5.87. The fourth-order valence-corrected chi connectivity index (χ4v) is 1.53. The predicted octanol–water partition coefficient (Wildman–Crippen LogP) is -0.0719. The third-order valence-corrected chi connectivity index (χ3v) is 2.42. The quantitative estimate of drug-likeness (QED) is 0.502. The Bertz CT molecular complexity index is 356. The average molecular weight is 254 g/mol. The van der Waals surface area contributed by atoms with Gasteiger partial charge in [-0.15, -0.1) is 0 Å². The van der Waals surface area contributed by atoms with Gasteiger partial charge in [-0.05, 0) is 18.6 Å². The molecule has 6 heteroatoms. The van der Waals surface area contributed by atoms with Crippen molar-refractivity contribution in [2.24, 2.45) is 0 Å². The zero-order valence-corrected chi connectivity index (χ0v) is 10.8. The smallest absolute Gasteiger partial charge is 0.492 e. The molecule has 0 bridgehead atoms. The topological polar surface area (TPSA) is 68.2 Å². The van der Waals surface area contributed by atoms with E-state index in [2.05, 4.69) is 0 Å². The molecule has 1 aromatic carbocycles. The fourth-order valence-electron chi connectivity index (χ4n) is 1.53. The molecule has 0 saturated heterocycles. The molecule has 0 heterocycles. The zero-order valence-electron chi connectivity index (χ0n) is 10.8. The normalized spacial score (nSPS) is 10.4. The van der Waals surface area contributed by atoms with Crippen LogP contribution in [0.25, 0.3) is 0 Å².